The highest BCUT2D eigenvalue weighted by Gasteiger charge is 2.49. The van der Waals surface area contributed by atoms with E-state index < -0.39 is 5.91 Å². The third-order valence-electron chi connectivity index (χ3n) is 5.52. The number of amides is 2. The minimum absolute atomic E-state index is 0.0692. The average molecular weight is 361 g/mol. The molecule has 2 aliphatic rings. The summed E-state index contributed by atoms with van der Waals surface area (Å²) in [6, 6.07) is 12.7. The summed E-state index contributed by atoms with van der Waals surface area (Å²) in [6.07, 6.45) is 0. The summed E-state index contributed by atoms with van der Waals surface area (Å²) < 4.78 is 0. The molecule has 2 saturated heterocycles. The number of primary amides is 1. The number of hydrogen-bond donors (Lipinski definition) is 3. The second kappa shape index (κ2) is 5.65. The van der Waals surface area contributed by atoms with Gasteiger partial charge in [0, 0.05) is 42.7 Å². The number of para-hydroxylation sites is 1. The Morgan fingerprint density at radius 2 is 1.81 bits per heavy atom. The van der Waals surface area contributed by atoms with E-state index in [9.17, 15) is 9.59 Å². The van der Waals surface area contributed by atoms with Crippen LogP contribution in [0.4, 0.5) is 0 Å². The van der Waals surface area contributed by atoms with Gasteiger partial charge in [-0.05, 0) is 24.3 Å². The number of fused-ring (bicyclic) bond motifs is 1. The van der Waals surface area contributed by atoms with Crippen molar-refractivity contribution in [2.24, 2.45) is 11.1 Å². The van der Waals surface area contributed by atoms with Gasteiger partial charge in [-0.3, -0.25) is 9.59 Å². The molecule has 1 spiro atoms. The maximum Gasteiger partial charge on any atom is 0.253 e. The first-order valence-electron chi connectivity index (χ1n) is 8.94. The molecule has 3 heterocycles. The third kappa shape index (κ3) is 2.50. The van der Waals surface area contributed by atoms with Crippen LogP contribution in [-0.4, -0.2) is 52.9 Å². The molecule has 0 unspecified atom stereocenters. The van der Waals surface area contributed by atoms with Crippen LogP contribution in [0.15, 0.2) is 42.5 Å². The molecule has 136 valence electrons. The second-order valence-electron chi connectivity index (χ2n) is 7.49. The predicted octanol–water partition coefficient (Wildman–Crippen LogP) is 1.37. The van der Waals surface area contributed by atoms with Gasteiger partial charge in [-0.15, -0.1) is 0 Å². The molecule has 0 radical (unpaired) electrons. The molecular formula is C20H19N5O2. The molecule has 0 atom stereocenters. The molecule has 3 aromatic rings. The Bertz CT molecular complexity index is 1060. The zero-order valence-corrected chi connectivity index (χ0v) is 14.7. The van der Waals surface area contributed by atoms with Crippen LogP contribution in [0.5, 0.6) is 0 Å². The van der Waals surface area contributed by atoms with Crippen LogP contribution in [0.3, 0.4) is 0 Å². The van der Waals surface area contributed by atoms with Crippen LogP contribution < -0.4 is 11.1 Å². The number of likely N-dealkylation sites (tertiary alicyclic amines) is 1. The highest BCUT2D eigenvalue weighted by atomic mass is 16.2. The van der Waals surface area contributed by atoms with E-state index in [1.165, 1.54) is 0 Å². The lowest BCUT2D eigenvalue weighted by atomic mass is 9.74. The molecule has 1 aromatic heterocycles. The molecule has 0 bridgehead atoms. The van der Waals surface area contributed by atoms with E-state index in [2.05, 4.69) is 15.3 Å². The first-order valence-corrected chi connectivity index (χ1v) is 8.94. The van der Waals surface area contributed by atoms with Gasteiger partial charge < -0.3 is 20.9 Å². The fourth-order valence-corrected chi connectivity index (χ4v) is 3.93. The number of benzene rings is 2. The van der Waals surface area contributed by atoms with Gasteiger partial charge in [-0.1, -0.05) is 18.2 Å². The number of rotatable bonds is 3. The van der Waals surface area contributed by atoms with Gasteiger partial charge in [0.05, 0.1) is 11.1 Å². The standard InChI is InChI=1S/C20H19N5O2/c21-17(26)14-2-1-3-15-16(14)24-18(23-15)12-4-6-13(7-5-12)19(27)25-10-20(11-25)8-22-9-20/h1-7,22H,8-11H2,(H2,21,26)(H,23,24). The lowest BCUT2D eigenvalue weighted by Gasteiger charge is -2.56. The number of hydrogen-bond acceptors (Lipinski definition) is 4. The Labute approximate surface area is 155 Å². The van der Waals surface area contributed by atoms with E-state index in [1.54, 1.807) is 12.1 Å². The van der Waals surface area contributed by atoms with Crippen LogP contribution in [0, 0.1) is 5.41 Å². The molecule has 27 heavy (non-hydrogen) atoms. The predicted molar refractivity (Wildman–Crippen MR) is 101 cm³/mol. The number of nitrogens with one attached hydrogen (secondary N) is 2. The average Bonchev–Trinajstić information content (AvgIpc) is 3.03. The third-order valence-corrected chi connectivity index (χ3v) is 5.52. The lowest BCUT2D eigenvalue weighted by Crippen LogP contribution is -2.71. The van der Waals surface area contributed by atoms with Gasteiger partial charge in [0.2, 0.25) is 0 Å². The molecule has 7 nitrogen and oxygen atoms in total. The van der Waals surface area contributed by atoms with Gasteiger partial charge in [0.25, 0.3) is 11.8 Å². The van der Waals surface area contributed by atoms with Crippen molar-refractivity contribution in [2.75, 3.05) is 26.2 Å². The Kier molecular flexibility index (Phi) is 3.35. The highest BCUT2D eigenvalue weighted by Crippen LogP contribution is 2.35. The van der Waals surface area contributed by atoms with E-state index in [0.717, 1.165) is 37.3 Å². The summed E-state index contributed by atoms with van der Waals surface area (Å²) in [7, 11) is 0. The summed E-state index contributed by atoms with van der Waals surface area (Å²) in [4.78, 5) is 33.8. The fourth-order valence-electron chi connectivity index (χ4n) is 3.93. The minimum Gasteiger partial charge on any atom is -0.366 e. The van der Waals surface area contributed by atoms with E-state index in [1.807, 2.05) is 35.2 Å². The summed E-state index contributed by atoms with van der Waals surface area (Å²) >= 11 is 0. The summed E-state index contributed by atoms with van der Waals surface area (Å²) in [5, 5.41) is 3.27. The first kappa shape index (κ1) is 16.0. The quantitative estimate of drug-likeness (QED) is 0.655. The van der Waals surface area contributed by atoms with Crippen LogP contribution in [-0.2, 0) is 0 Å². The molecule has 0 aliphatic carbocycles. The Hall–Kier alpha value is -3.19. The van der Waals surface area contributed by atoms with Gasteiger partial charge >= 0.3 is 0 Å². The minimum atomic E-state index is -0.506. The van der Waals surface area contributed by atoms with E-state index in [-0.39, 0.29) is 5.91 Å². The number of aromatic nitrogens is 2. The zero-order valence-electron chi connectivity index (χ0n) is 14.7. The molecule has 2 amide bonds. The van der Waals surface area contributed by atoms with Crippen molar-refractivity contribution in [1.29, 1.82) is 0 Å². The van der Waals surface area contributed by atoms with Crippen LogP contribution >= 0.6 is 0 Å². The Balaban J connectivity index is 1.39. The van der Waals surface area contributed by atoms with Crippen LogP contribution in [0.1, 0.15) is 20.7 Å². The number of imidazole rings is 1. The lowest BCUT2D eigenvalue weighted by molar-refractivity contribution is -0.0248. The van der Waals surface area contributed by atoms with Crippen molar-refractivity contribution in [3.8, 4) is 11.4 Å². The summed E-state index contributed by atoms with van der Waals surface area (Å²) in [5.74, 6) is 0.203. The van der Waals surface area contributed by atoms with Crippen molar-refractivity contribution in [3.05, 3.63) is 53.6 Å². The number of H-pyrrole nitrogens is 1. The van der Waals surface area contributed by atoms with E-state index in [0.29, 0.717) is 27.9 Å². The number of nitrogens with zero attached hydrogens (tertiary/aromatic N) is 2. The number of carbonyl (C=O) groups is 2. The van der Waals surface area contributed by atoms with Gasteiger partial charge in [-0.25, -0.2) is 4.98 Å². The van der Waals surface area contributed by atoms with Crippen LogP contribution in [0.2, 0.25) is 0 Å². The summed E-state index contributed by atoms with van der Waals surface area (Å²) in [6.45, 7) is 3.68. The molecule has 5 rings (SSSR count). The fraction of sp³-hybridized carbons (Fsp3) is 0.250. The molecule has 2 aromatic carbocycles. The van der Waals surface area contributed by atoms with Crippen LogP contribution in [0.25, 0.3) is 22.4 Å². The molecular weight excluding hydrogens is 342 g/mol. The van der Waals surface area contributed by atoms with Gasteiger partial charge in [-0.2, -0.15) is 0 Å². The number of nitrogens with two attached hydrogens (primary N) is 1. The van der Waals surface area contributed by atoms with Gasteiger partial charge in [0.1, 0.15) is 11.3 Å². The Morgan fingerprint density at radius 3 is 2.44 bits per heavy atom. The normalized spacial score (nSPS) is 17.6. The van der Waals surface area contributed by atoms with Crippen molar-refractivity contribution >= 4 is 22.8 Å². The van der Waals surface area contributed by atoms with Gasteiger partial charge in [0.15, 0.2) is 0 Å². The first-order chi connectivity index (χ1) is 13.0. The van der Waals surface area contributed by atoms with Crippen molar-refractivity contribution < 1.29 is 9.59 Å². The maximum absolute atomic E-state index is 12.6. The smallest absolute Gasteiger partial charge is 0.253 e. The molecule has 0 saturated carbocycles. The van der Waals surface area contributed by atoms with E-state index in [4.69, 9.17) is 5.73 Å². The largest absolute Gasteiger partial charge is 0.366 e. The number of carbonyl (C=O) groups excluding carboxylic acids is 2. The van der Waals surface area contributed by atoms with Crippen molar-refractivity contribution in [1.82, 2.24) is 20.2 Å². The number of aromatic amines is 1. The zero-order chi connectivity index (χ0) is 18.6. The van der Waals surface area contributed by atoms with E-state index >= 15 is 0 Å². The monoisotopic (exact) mass is 361 g/mol. The van der Waals surface area contributed by atoms with Crippen molar-refractivity contribution in [2.45, 2.75) is 0 Å². The van der Waals surface area contributed by atoms with Crippen molar-refractivity contribution in [3.63, 3.8) is 0 Å². The molecule has 4 N–H and O–H groups in total. The highest BCUT2D eigenvalue weighted by molar-refractivity contribution is 6.04. The molecule has 7 heteroatoms. The molecule has 2 fully saturated rings. The SMILES string of the molecule is NC(=O)c1cccc2[nH]c(-c3ccc(C(=O)N4CC5(CNC5)C4)cc3)nc12. The maximum atomic E-state index is 12.6. The Morgan fingerprint density at radius 1 is 1.07 bits per heavy atom. The molecule has 2 aliphatic heterocycles. The summed E-state index contributed by atoms with van der Waals surface area (Å²) in [5.41, 5.74) is 8.96. The second-order valence-corrected chi connectivity index (χ2v) is 7.49. The topological polar surface area (TPSA) is 104 Å².